The summed E-state index contributed by atoms with van der Waals surface area (Å²) in [5.41, 5.74) is 2.30. The smallest absolute Gasteiger partial charge is 0.303 e. The second kappa shape index (κ2) is 5.27. The summed E-state index contributed by atoms with van der Waals surface area (Å²) in [6.45, 7) is 4.76. The summed E-state index contributed by atoms with van der Waals surface area (Å²) in [5.74, 6) is -0.387. The molecule has 2 heterocycles. The van der Waals surface area contributed by atoms with Gasteiger partial charge in [0.25, 0.3) is 0 Å². The van der Waals surface area contributed by atoms with Crippen molar-refractivity contribution in [3.05, 3.63) is 29.6 Å². The van der Waals surface area contributed by atoms with E-state index in [4.69, 9.17) is 5.11 Å². The van der Waals surface area contributed by atoms with Gasteiger partial charge in [-0.2, -0.15) is 0 Å². The highest BCUT2D eigenvalue weighted by Crippen LogP contribution is 2.21. The van der Waals surface area contributed by atoms with Crippen LogP contribution in [0.1, 0.15) is 24.1 Å². The Balaban J connectivity index is 1.90. The Morgan fingerprint density at radius 1 is 1.65 bits per heavy atom. The number of hydrogen-bond acceptors (Lipinski definition) is 3. The van der Waals surface area contributed by atoms with Crippen LogP contribution in [0.5, 0.6) is 0 Å². The first-order valence-corrected chi connectivity index (χ1v) is 6.00. The van der Waals surface area contributed by atoms with Crippen molar-refractivity contribution < 1.29 is 9.90 Å². The average molecular weight is 234 g/mol. The fourth-order valence-corrected chi connectivity index (χ4v) is 2.37. The molecule has 0 radical (unpaired) electrons. The summed E-state index contributed by atoms with van der Waals surface area (Å²) in [6, 6.07) is 4.00. The Morgan fingerprint density at radius 2 is 2.47 bits per heavy atom. The van der Waals surface area contributed by atoms with E-state index in [0.717, 1.165) is 31.7 Å². The average Bonchev–Trinajstić information content (AvgIpc) is 2.68. The Labute approximate surface area is 101 Å². The lowest BCUT2D eigenvalue weighted by Gasteiger charge is -2.16. The number of carboxylic acid groups (broad SMARTS) is 1. The summed E-state index contributed by atoms with van der Waals surface area (Å²) in [5, 5.41) is 8.76. The fraction of sp³-hybridized carbons (Fsp3) is 0.538. The lowest BCUT2D eigenvalue weighted by molar-refractivity contribution is -0.138. The molecule has 1 aliphatic heterocycles. The van der Waals surface area contributed by atoms with E-state index in [9.17, 15) is 4.79 Å². The van der Waals surface area contributed by atoms with E-state index in [-0.39, 0.29) is 6.42 Å². The van der Waals surface area contributed by atoms with Crippen molar-refractivity contribution in [3.63, 3.8) is 0 Å². The van der Waals surface area contributed by atoms with Crippen molar-refractivity contribution >= 4 is 5.97 Å². The number of aliphatic carboxylic acids is 1. The number of carboxylic acids is 1. The highest BCUT2D eigenvalue weighted by Gasteiger charge is 2.24. The summed E-state index contributed by atoms with van der Waals surface area (Å²) in [7, 11) is 0. The van der Waals surface area contributed by atoms with Gasteiger partial charge in [-0.15, -0.1) is 0 Å². The van der Waals surface area contributed by atoms with Gasteiger partial charge in [-0.25, -0.2) is 0 Å². The molecular formula is C13H18N2O2. The van der Waals surface area contributed by atoms with E-state index in [1.807, 2.05) is 12.3 Å². The minimum atomic E-state index is -0.689. The number of hydrogen-bond donors (Lipinski definition) is 1. The van der Waals surface area contributed by atoms with Crippen LogP contribution in [0.15, 0.2) is 18.3 Å². The van der Waals surface area contributed by atoms with Crippen molar-refractivity contribution in [2.24, 2.45) is 5.92 Å². The van der Waals surface area contributed by atoms with Gasteiger partial charge in [0.15, 0.2) is 0 Å². The maximum Gasteiger partial charge on any atom is 0.303 e. The minimum absolute atomic E-state index is 0.289. The molecule has 4 heteroatoms. The second-order valence-electron chi connectivity index (χ2n) is 4.75. The van der Waals surface area contributed by atoms with Crippen LogP contribution in [0.3, 0.4) is 0 Å². The number of aromatic nitrogens is 1. The van der Waals surface area contributed by atoms with Gasteiger partial charge >= 0.3 is 5.97 Å². The van der Waals surface area contributed by atoms with E-state index in [1.54, 1.807) is 0 Å². The molecule has 2 rings (SSSR count). The third-order valence-electron chi connectivity index (χ3n) is 3.32. The van der Waals surface area contributed by atoms with Gasteiger partial charge in [0.2, 0.25) is 0 Å². The molecule has 1 atom stereocenters. The molecule has 1 unspecified atom stereocenters. The molecule has 1 fully saturated rings. The van der Waals surface area contributed by atoms with E-state index >= 15 is 0 Å². The number of pyridine rings is 1. The SMILES string of the molecule is Cc1cccnc1CN1CCC(CC(=O)O)C1. The number of rotatable bonds is 4. The molecule has 1 N–H and O–H groups in total. The molecule has 1 saturated heterocycles. The van der Waals surface area contributed by atoms with E-state index in [0.29, 0.717) is 5.92 Å². The molecule has 0 amide bonds. The monoisotopic (exact) mass is 234 g/mol. The molecule has 0 bridgehead atoms. The van der Waals surface area contributed by atoms with Crippen molar-refractivity contribution in [2.45, 2.75) is 26.3 Å². The van der Waals surface area contributed by atoms with Crippen LogP contribution in [0.4, 0.5) is 0 Å². The molecule has 1 aliphatic rings. The van der Waals surface area contributed by atoms with Gasteiger partial charge in [-0.1, -0.05) is 6.07 Å². The standard InChI is InChI=1S/C13H18N2O2/c1-10-3-2-5-14-12(10)9-15-6-4-11(8-15)7-13(16)17/h2-3,5,11H,4,6-9H2,1H3,(H,16,17). The fourth-order valence-electron chi connectivity index (χ4n) is 2.37. The van der Waals surface area contributed by atoms with Gasteiger partial charge in [-0.05, 0) is 37.4 Å². The van der Waals surface area contributed by atoms with Crippen molar-refractivity contribution in [1.82, 2.24) is 9.88 Å². The van der Waals surface area contributed by atoms with Crippen LogP contribution >= 0.6 is 0 Å². The Bertz CT molecular complexity index is 406. The normalized spacial score (nSPS) is 20.6. The summed E-state index contributed by atoms with van der Waals surface area (Å²) >= 11 is 0. The third kappa shape index (κ3) is 3.27. The van der Waals surface area contributed by atoms with Crippen molar-refractivity contribution in [3.8, 4) is 0 Å². The molecular weight excluding hydrogens is 216 g/mol. The first kappa shape index (κ1) is 12.0. The number of nitrogens with zero attached hydrogens (tertiary/aromatic N) is 2. The third-order valence-corrected chi connectivity index (χ3v) is 3.32. The quantitative estimate of drug-likeness (QED) is 0.861. The van der Waals surface area contributed by atoms with Crippen LogP contribution in [-0.4, -0.2) is 34.0 Å². The Morgan fingerprint density at radius 3 is 3.18 bits per heavy atom. The zero-order chi connectivity index (χ0) is 12.3. The zero-order valence-corrected chi connectivity index (χ0v) is 10.1. The molecule has 1 aromatic heterocycles. The van der Waals surface area contributed by atoms with E-state index in [1.165, 1.54) is 5.56 Å². The van der Waals surface area contributed by atoms with Gasteiger partial charge in [0, 0.05) is 25.7 Å². The lowest BCUT2D eigenvalue weighted by atomic mass is 10.1. The van der Waals surface area contributed by atoms with Crippen LogP contribution < -0.4 is 0 Å². The zero-order valence-electron chi connectivity index (χ0n) is 10.1. The Kier molecular flexibility index (Phi) is 3.74. The van der Waals surface area contributed by atoms with E-state index < -0.39 is 5.97 Å². The first-order chi connectivity index (χ1) is 8.15. The number of carbonyl (C=O) groups is 1. The summed E-state index contributed by atoms with van der Waals surface area (Å²) in [4.78, 5) is 17.3. The lowest BCUT2D eigenvalue weighted by Crippen LogP contribution is -2.22. The van der Waals surface area contributed by atoms with Gasteiger partial charge < -0.3 is 5.11 Å². The highest BCUT2D eigenvalue weighted by molar-refractivity contribution is 5.67. The molecule has 4 nitrogen and oxygen atoms in total. The maximum atomic E-state index is 10.6. The second-order valence-corrected chi connectivity index (χ2v) is 4.75. The number of likely N-dealkylation sites (tertiary alicyclic amines) is 1. The molecule has 1 aromatic rings. The van der Waals surface area contributed by atoms with Crippen LogP contribution in [0, 0.1) is 12.8 Å². The highest BCUT2D eigenvalue weighted by atomic mass is 16.4. The van der Waals surface area contributed by atoms with Crippen LogP contribution in [-0.2, 0) is 11.3 Å². The van der Waals surface area contributed by atoms with Gasteiger partial charge in [0.1, 0.15) is 0 Å². The van der Waals surface area contributed by atoms with Crippen molar-refractivity contribution in [1.29, 1.82) is 0 Å². The summed E-state index contributed by atoms with van der Waals surface area (Å²) < 4.78 is 0. The van der Waals surface area contributed by atoms with Crippen LogP contribution in [0.25, 0.3) is 0 Å². The predicted molar refractivity (Wildman–Crippen MR) is 64.6 cm³/mol. The van der Waals surface area contributed by atoms with Crippen LogP contribution in [0.2, 0.25) is 0 Å². The largest absolute Gasteiger partial charge is 0.481 e. The predicted octanol–water partition coefficient (Wildman–Crippen LogP) is 1.69. The molecule has 0 spiro atoms. The topological polar surface area (TPSA) is 53.4 Å². The number of aryl methyl sites for hydroxylation is 1. The molecule has 92 valence electrons. The molecule has 0 aromatic carbocycles. The Hall–Kier alpha value is -1.42. The molecule has 0 saturated carbocycles. The van der Waals surface area contributed by atoms with E-state index in [2.05, 4.69) is 22.9 Å². The minimum Gasteiger partial charge on any atom is -0.481 e. The molecule has 0 aliphatic carbocycles. The van der Waals surface area contributed by atoms with Crippen molar-refractivity contribution in [2.75, 3.05) is 13.1 Å². The molecule has 17 heavy (non-hydrogen) atoms. The maximum absolute atomic E-state index is 10.6. The van der Waals surface area contributed by atoms with Gasteiger partial charge in [0.05, 0.1) is 5.69 Å². The van der Waals surface area contributed by atoms with Gasteiger partial charge in [-0.3, -0.25) is 14.7 Å². The first-order valence-electron chi connectivity index (χ1n) is 6.00. The summed E-state index contributed by atoms with van der Waals surface area (Å²) in [6.07, 6.45) is 3.09.